The van der Waals surface area contributed by atoms with Gasteiger partial charge >= 0.3 is 0 Å². The van der Waals surface area contributed by atoms with Crippen LogP contribution in [-0.4, -0.2) is 0 Å². The summed E-state index contributed by atoms with van der Waals surface area (Å²) in [6, 6.07) is 15.1. The van der Waals surface area contributed by atoms with E-state index < -0.39 is 0 Å². The quantitative estimate of drug-likeness (QED) is 0.650. The van der Waals surface area contributed by atoms with E-state index in [1.54, 1.807) is 11.1 Å². The van der Waals surface area contributed by atoms with Crippen LogP contribution in [0.4, 0.5) is 5.69 Å². The van der Waals surface area contributed by atoms with Gasteiger partial charge in [-0.3, -0.25) is 0 Å². The monoisotopic (exact) mass is 269 g/mol. The maximum atomic E-state index is 5.85. The van der Waals surface area contributed by atoms with Crippen LogP contribution in [0, 0.1) is 0 Å². The molecule has 0 aliphatic heterocycles. The van der Waals surface area contributed by atoms with Gasteiger partial charge in [-0.05, 0) is 67.1 Å². The van der Waals surface area contributed by atoms with Gasteiger partial charge in [0.15, 0.2) is 0 Å². The molecule has 1 aliphatic carbocycles. The van der Waals surface area contributed by atoms with Crippen LogP contribution in [0.1, 0.15) is 35.3 Å². The smallest absolute Gasteiger partial charge is 0.0317 e. The van der Waals surface area contributed by atoms with Gasteiger partial charge in [-0.1, -0.05) is 18.2 Å². The third-order valence-corrected chi connectivity index (χ3v) is 4.91. The van der Waals surface area contributed by atoms with Gasteiger partial charge < -0.3 is 5.73 Å². The molecule has 0 bridgehead atoms. The molecule has 0 aromatic heterocycles. The average Bonchev–Trinajstić information content (AvgIpc) is 2.86. The highest BCUT2D eigenvalue weighted by Crippen LogP contribution is 2.37. The molecule has 1 atom stereocenters. The predicted octanol–water partition coefficient (Wildman–Crippen LogP) is 4.61. The topological polar surface area (TPSA) is 26.0 Å². The van der Waals surface area contributed by atoms with Crippen molar-refractivity contribution in [3.8, 4) is 0 Å². The van der Waals surface area contributed by atoms with Gasteiger partial charge in [0.2, 0.25) is 0 Å². The minimum absolute atomic E-state index is 0.433. The number of hydrogen-bond donors (Lipinski definition) is 1. The molecule has 0 amide bonds. The van der Waals surface area contributed by atoms with Crippen molar-refractivity contribution in [1.82, 2.24) is 0 Å². The molecule has 19 heavy (non-hydrogen) atoms. The van der Waals surface area contributed by atoms with Gasteiger partial charge in [-0.2, -0.15) is 0 Å². The Balaban J connectivity index is 1.77. The van der Waals surface area contributed by atoms with E-state index >= 15 is 0 Å². The van der Waals surface area contributed by atoms with Crippen molar-refractivity contribution < 1.29 is 0 Å². The van der Waals surface area contributed by atoms with Crippen molar-refractivity contribution in [2.24, 2.45) is 0 Å². The summed E-state index contributed by atoms with van der Waals surface area (Å²) in [5.41, 5.74) is 11.1. The lowest BCUT2D eigenvalue weighted by molar-refractivity contribution is 0.911. The molecule has 0 fully saturated rings. The number of thioether (sulfide) groups is 1. The van der Waals surface area contributed by atoms with Crippen molar-refractivity contribution >= 4 is 17.4 Å². The summed E-state index contributed by atoms with van der Waals surface area (Å²) in [4.78, 5) is 1.37. The number of benzene rings is 2. The number of nitrogens with two attached hydrogens (primary N) is 1. The highest BCUT2D eigenvalue weighted by molar-refractivity contribution is 7.99. The number of fused-ring (bicyclic) bond motifs is 1. The van der Waals surface area contributed by atoms with Gasteiger partial charge in [-0.15, -0.1) is 11.8 Å². The van der Waals surface area contributed by atoms with E-state index in [9.17, 15) is 0 Å². The highest BCUT2D eigenvalue weighted by Gasteiger charge is 2.13. The molecular weight excluding hydrogens is 250 g/mol. The fourth-order valence-corrected chi connectivity index (χ4v) is 3.75. The molecule has 1 aliphatic rings. The van der Waals surface area contributed by atoms with Crippen LogP contribution in [0.25, 0.3) is 0 Å². The standard InChI is InChI=1S/C17H19NS/c1-12(14-5-3-7-16(18)10-14)19-17-9-8-13-4-2-6-15(13)11-17/h3,5,7-12H,2,4,6,18H2,1H3. The number of anilines is 1. The van der Waals surface area contributed by atoms with Crippen LogP contribution in [0.3, 0.4) is 0 Å². The molecule has 0 radical (unpaired) electrons. The first-order chi connectivity index (χ1) is 9.22. The predicted molar refractivity (Wildman–Crippen MR) is 83.6 cm³/mol. The molecule has 2 aromatic rings. The second-order valence-electron chi connectivity index (χ2n) is 5.21. The Morgan fingerprint density at radius 3 is 2.74 bits per heavy atom. The van der Waals surface area contributed by atoms with Gasteiger partial charge in [0.05, 0.1) is 0 Å². The van der Waals surface area contributed by atoms with Gasteiger partial charge in [-0.25, -0.2) is 0 Å². The summed E-state index contributed by atoms with van der Waals surface area (Å²) >= 11 is 1.92. The van der Waals surface area contributed by atoms with E-state index in [1.807, 2.05) is 23.9 Å². The van der Waals surface area contributed by atoms with Gasteiger partial charge in [0.25, 0.3) is 0 Å². The summed E-state index contributed by atoms with van der Waals surface area (Å²) in [6.07, 6.45) is 3.82. The summed E-state index contributed by atoms with van der Waals surface area (Å²) < 4.78 is 0. The first kappa shape index (κ1) is 12.6. The van der Waals surface area contributed by atoms with Gasteiger partial charge in [0.1, 0.15) is 0 Å². The number of hydrogen-bond acceptors (Lipinski definition) is 2. The van der Waals surface area contributed by atoms with E-state index in [4.69, 9.17) is 5.73 Å². The van der Waals surface area contributed by atoms with E-state index in [1.165, 1.54) is 29.7 Å². The molecule has 0 heterocycles. The molecule has 2 heteroatoms. The highest BCUT2D eigenvalue weighted by atomic mass is 32.2. The zero-order chi connectivity index (χ0) is 13.2. The van der Waals surface area contributed by atoms with Crippen molar-refractivity contribution in [2.75, 3.05) is 5.73 Å². The van der Waals surface area contributed by atoms with E-state index in [-0.39, 0.29) is 0 Å². The molecule has 2 N–H and O–H groups in total. The Kier molecular flexibility index (Phi) is 3.52. The van der Waals surface area contributed by atoms with Crippen LogP contribution in [-0.2, 0) is 12.8 Å². The van der Waals surface area contributed by atoms with Crippen LogP contribution in [0.2, 0.25) is 0 Å². The normalized spacial score (nSPS) is 15.2. The van der Waals surface area contributed by atoms with Crippen LogP contribution >= 0.6 is 11.8 Å². The average molecular weight is 269 g/mol. The first-order valence-electron chi connectivity index (χ1n) is 6.86. The number of aryl methyl sites for hydroxylation is 2. The molecule has 0 saturated heterocycles. The molecule has 0 saturated carbocycles. The summed E-state index contributed by atoms with van der Waals surface area (Å²) in [5.74, 6) is 0. The molecular formula is C17H19NS. The summed E-state index contributed by atoms with van der Waals surface area (Å²) in [7, 11) is 0. The minimum Gasteiger partial charge on any atom is -0.399 e. The third-order valence-electron chi connectivity index (χ3n) is 3.76. The molecule has 0 spiro atoms. The largest absolute Gasteiger partial charge is 0.399 e. The first-order valence-corrected chi connectivity index (χ1v) is 7.74. The zero-order valence-electron chi connectivity index (χ0n) is 11.2. The lowest BCUT2D eigenvalue weighted by atomic mass is 10.1. The lowest BCUT2D eigenvalue weighted by Crippen LogP contribution is -1.92. The molecule has 98 valence electrons. The Bertz CT molecular complexity index is 592. The van der Waals surface area contributed by atoms with Crippen molar-refractivity contribution in [2.45, 2.75) is 36.3 Å². The van der Waals surface area contributed by atoms with Crippen LogP contribution < -0.4 is 5.73 Å². The van der Waals surface area contributed by atoms with Crippen molar-refractivity contribution in [3.63, 3.8) is 0 Å². The Morgan fingerprint density at radius 1 is 1.05 bits per heavy atom. The SMILES string of the molecule is CC(Sc1ccc2c(c1)CCC2)c1cccc(N)c1. The van der Waals surface area contributed by atoms with Crippen LogP contribution in [0.5, 0.6) is 0 Å². The summed E-state index contributed by atoms with van der Waals surface area (Å²) in [5, 5.41) is 0.433. The van der Waals surface area contributed by atoms with E-state index in [0.29, 0.717) is 5.25 Å². The summed E-state index contributed by atoms with van der Waals surface area (Å²) in [6.45, 7) is 2.24. The molecule has 3 rings (SSSR count). The van der Waals surface area contributed by atoms with E-state index in [2.05, 4.69) is 37.3 Å². The Hall–Kier alpha value is -1.41. The number of rotatable bonds is 3. The van der Waals surface area contributed by atoms with Crippen LogP contribution in [0.15, 0.2) is 47.4 Å². The molecule has 1 nitrogen and oxygen atoms in total. The van der Waals surface area contributed by atoms with Gasteiger partial charge in [0, 0.05) is 15.8 Å². The number of nitrogen functional groups attached to an aromatic ring is 1. The van der Waals surface area contributed by atoms with E-state index in [0.717, 1.165) is 5.69 Å². The fraction of sp³-hybridized carbons (Fsp3) is 0.294. The van der Waals surface area contributed by atoms with Crippen molar-refractivity contribution in [1.29, 1.82) is 0 Å². The fourth-order valence-electron chi connectivity index (χ4n) is 2.71. The Labute approximate surface area is 119 Å². The Morgan fingerprint density at radius 2 is 1.89 bits per heavy atom. The maximum Gasteiger partial charge on any atom is 0.0317 e. The maximum absolute atomic E-state index is 5.85. The molecule has 2 aromatic carbocycles. The molecule has 1 unspecified atom stereocenters. The second-order valence-corrected chi connectivity index (χ2v) is 6.63. The third kappa shape index (κ3) is 2.79. The zero-order valence-corrected chi connectivity index (χ0v) is 12.0. The lowest BCUT2D eigenvalue weighted by Gasteiger charge is -2.13. The minimum atomic E-state index is 0.433. The second kappa shape index (κ2) is 5.30. The van der Waals surface area contributed by atoms with Crippen molar-refractivity contribution in [3.05, 3.63) is 59.2 Å².